The molecule has 6 nitrogen and oxygen atoms in total. The summed E-state index contributed by atoms with van der Waals surface area (Å²) >= 11 is 0. The van der Waals surface area contributed by atoms with Crippen LogP contribution in [0.2, 0.25) is 0 Å². The van der Waals surface area contributed by atoms with Crippen molar-refractivity contribution in [1.29, 1.82) is 0 Å². The van der Waals surface area contributed by atoms with Crippen molar-refractivity contribution in [3.05, 3.63) is 60.7 Å². The predicted octanol–water partition coefficient (Wildman–Crippen LogP) is 2.54. The average Bonchev–Trinajstić information content (AvgIpc) is 2.61. The monoisotopic (exact) mass is 334 g/mol. The van der Waals surface area contributed by atoms with Crippen molar-refractivity contribution >= 4 is 14.4 Å². The van der Waals surface area contributed by atoms with Crippen molar-refractivity contribution < 1.29 is 23.6 Å². The van der Waals surface area contributed by atoms with Crippen molar-refractivity contribution in [2.24, 2.45) is 0 Å². The second kappa shape index (κ2) is 8.27. The Morgan fingerprint density at radius 3 is 1.87 bits per heavy atom. The number of hydrogen-bond acceptors (Lipinski definition) is 6. The van der Waals surface area contributed by atoms with Crippen LogP contribution in [-0.4, -0.2) is 25.3 Å². The zero-order chi connectivity index (χ0) is 16.5. The number of methoxy groups -OCH3 is 1. The van der Waals surface area contributed by atoms with E-state index in [1.165, 1.54) is 7.11 Å². The molecule has 1 atom stereocenters. The van der Waals surface area contributed by atoms with Crippen LogP contribution >= 0.6 is 8.46 Å². The molecule has 0 aliphatic rings. The van der Waals surface area contributed by atoms with E-state index in [-0.39, 0.29) is 6.54 Å². The van der Waals surface area contributed by atoms with E-state index in [9.17, 15) is 9.36 Å². The van der Waals surface area contributed by atoms with Gasteiger partial charge in [-0.25, -0.2) is 0 Å². The second-order valence-corrected chi connectivity index (χ2v) is 5.34. The first-order valence-corrected chi connectivity index (χ1v) is 7.77. The van der Waals surface area contributed by atoms with Crippen LogP contribution in [-0.2, 0) is 14.1 Å². The van der Waals surface area contributed by atoms with Crippen LogP contribution in [0.5, 0.6) is 11.5 Å². The van der Waals surface area contributed by atoms with Crippen LogP contribution in [0.15, 0.2) is 60.7 Å². The van der Waals surface area contributed by atoms with E-state index in [0.717, 1.165) is 0 Å². The number of carbonyl (C=O) groups is 1. The molecule has 0 fully saturated rings. The molecule has 0 spiro atoms. The lowest BCUT2D eigenvalue weighted by Gasteiger charge is -2.23. The highest BCUT2D eigenvalue weighted by Gasteiger charge is 2.46. The molecule has 0 radical (unpaired) electrons. The van der Waals surface area contributed by atoms with E-state index in [1.54, 1.807) is 48.5 Å². The van der Waals surface area contributed by atoms with Gasteiger partial charge in [0.15, 0.2) is 0 Å². The van der Waals surface area contributed by atoms with Crippen molar-refractivity contribution in [3.8, 4) is 11.5 Å². The van der Waals surface area contributed by atoms with E-state index in [2.05, 4.69) is 10.1 Å². The number of benzene rings is 2. The molecule has 2 aromatic carbocycles. The predicted molar refractivity (Wildman–Crippen MR) is 85.9 cm³/mol. The molecule has 7 heteroatoms. The Hall–Kier alpha value is -2.43. The fourth-order valence-corrected chi connectivity index (χ4v) is 2.22. The maximum Gasteiger partial charge on any atom is 0.523 e. The first-order chi connectivity index (χ1) is 11.2. The minimum atomic E-state index is -1.70. The Labute approximate surface area is 135 Å². The molecule has 23 heavy (non-hydrogen) atoms. The third-order valence-corrected chi connectivity index (χ3v) is 3.49. The number of hydrogen-bond donors (Lipinski definition) is 1. The van der Waals surface area contributed by atoms with Gasteiger partial charge in [-0.1, -0.05) is 41.0 Å². The second-order valence-electron chi connectivity index (χ2n) is 4.48. The number of para-hydroxylation sites is 2. The highest BCUT2D eigenvalue weighted by atomic mass is 31.1. The molecule has 1 N–H and O–H groups in total. The summed E-state index contributed by atoms with van der Waals surface area (Å²) in [6.45, 7) is -0.217. The van der Waals surface area contributed by atoms with Crippen LogP contribution in [0.25, 0.3) is 0 Å². The third-order valence-electron chi connectivity index (χ3n) is 2.84. The highest BCUT2D eigenvalue weighted by Crippen LogP contribution is 2.28. The van der Waals surface area contributed by atoms with Crippen molar-refractivity contribution in [2.75, 3.05) is 13.7 Å². The number of nitrogens with one attached hydrogen (secondary N) is 1. The quantitative estimate of drug-likeness (QED) is 0.454. The zero-order valence-corrected chi connectivity index (χ0v) is 13.5. The third kappa shape index (κ3) is 5.06. The fraction of sp³-hybridized carbons (Fsp3) is 0.188. The lowest BCUT2D eigenvalue weighted by atomic mass is 10.3. The molecule has 0 aliphatic heterocycles. The molecule has 0 saturated carbocycles. The summed E-state index contributed by atoms with van der Waals surface area (Å²) in [5.74, 6) is 0.370. The molecule has 0 heterocycles. The molecule has 120 valence electrons. The Bertz CT molecular complexity index is 594. The smallest absolute Gasteiger partial charge is 0.468 e. The van der Waals surface area contributed by atoms with Gasteiger partial charge in [-0.3, -0.25) is 4.79 Å². The van der Waals surface area contributed by atoms with E-state index in [0.29, 0.717) is 11.5 Å². The standard InChI is InChI=1S/C16H16NO5P/c1-20-15(18)12-17-16(23-19,21-13-8-4-2-5-9-13)22-14-10-6-3-7-11-14/h2-11,17H,12H2,1H3/p+1. The number of esters is 1. The minimum Gasteiger partial charge on any atom is -0.468 e. The summed E-state index contributed by atoms with van der Waals surface area (Å²) in [5.41, 5.74) is -1.70. The number of rotatable bonds is 8. The first-order valence-electron chi connectivity index (χ1n) is 6.87. The number of ether oxygens (including phenoxy) is 3. The van der Waals surface area contributed by atoms with Crippen LogP contribution in [0.1, 0.15) is 0 Å². The Kier molecular flexibility index (Phi) is 6.09. The molecule has 0 aromatic heterocycles. The SMILES string of the molecule is COC(=O)CNC(Oc1ccccc1)(Oc1ccccc1)[PH+]=O. The Balaban J connectivity index is 2.23. The summed E-state index contributed by atoms with van der Waals surface area (Å²) in [7, 11) is 0.223. The normalized spacial score (nSPS) is 11.0. The summed E-state index contributed by atoms with van der Waals surface area (Å²) < 4.78 is 27.8. The maximum absolute atomic E-state index is 11.8. The summed E-state index contributed by atoms with van der Waals surface area (Å²) in [5, 5.41) is 2.71. The topological polar surface area (TPSA) is 73.9 Å². The van der Waals surface area contributed by atoms with Gasteiger partial charge in [0.25, 0.3) is 0 Å². The van der Waals surface area contributed by atoms with Crippen molar-refractivity contribution in [2.45, 2.75) is 5.65 Å². The highest BCUT2D eigenvalue weighted by molar-refractivity contribution is 7.25. The Morgan fingerprint density at radius 2 is 1.48 bits per heavy atom. The van der Waals surface area contributed by atoms with Gasteiger partial charge in [-0.05, 0) is 24.3 Å². The summed E-state index contributed by atoms with van der Waals surface area (Å²) in [6.07, 6.45) is 0. The van der Waals surface area contributed by atoms with E-state index >= 15 is 0 Å². The van der Waals surface area contributed by atoms with Gasteiger partial charge in [0.2, 0.25) is 0 Å². The fourth-order valence-electron chi connectivity index (χ4n) is 1.74. The van der Waals surface area contributed by atoms with Crippen LogP contribution in [0.3, 0.4) is 0 Å². The molecule has 0 saturated heterocycles. The molecule has 1 unspecified atom stereocenters. The summed E-state index contributed by atoms with van der Waals surface area (Å²) in [6, 6.07) is 17.5. The van der Waals surface area contributed by atoms with Gasteiger partial charge >= 0.3 is 20.1 Å². The Morgan fingerprint density at radius 1 is 1.00 bits per heavy atom. The van der Waals surface area contributed by atoms with Crippen molar-refractivity contribution in [1.82, 2.24) is 5.32 Å². The molecule has 0 bridgehead atoms. The molecule has 0 aliphatic carbocycles. The minimum absolute atomic E-state index is 0.217. The van der Waals surface area contributed by atoms with Crippen LogP contribution in [0, 0.1) is 0 Å². The molecule has 2 aromatic rings. The molecule has 2 rings (SSSR count). The van der Waals surface area contributed by atoms with Gasteiger partial charge < -0.3 is 14.2 Å². The van der Waals surface area contributed by atoms with Crippen molar-refractivity contribution in [3.63, 3.8) is 0 Å². The van der Waals surface area contributed by atoms with Crippen LogP contribution < -0.4 is 14.8 Å². The molecular weight excluding hydrogens is 317 g/mol. The lowest BCUT2D eigenvalue weighted by Crippen LogP contribution is -2.52. The van der Waals surface area contributed by atoms with Gasteiger partial charge in [0, 0.05) is 0 Å². The van der Waals surface area contributed by atoms with E-state index < -0.39 is 20.1 Å². The average molecular weight is 334 g/mol. The first kappa shape index (κ1) is 16.9. The van der Waals surface area contributed by atoms with Gasteiger partial charge in [-0.15, -0.1) is 0 Å². The number of carbonyl (C=O) groups excluding carboxylic acids is 1. The van der Waals surface area contributed by atoms with E-state index in [1.807, 2.05) is 12.1 Å². The van der Waals surface area contributed by atoms with Gasteiger partial charge in [0.1, 0.15) is 18.0 Å². The lowest BCUT2D eigenvalue weighted by molar-refractivity contribution is -0.142. The molecule has 0 amide bonds. The largest absolute Gasteiger partial charge is 0.523 e. The van der Waals surface area contributed by atoms with Gasteiger partial charge in [0.05, 0.1) is 7.11 Å². The van der Waals surface area contributed by atoms with Crippen LogP contribution in [0.4, 0.5) is 0 Å². The molecular formula is C16H17NO5P+. The summed E-state index contributed by atoms with van der Waals surface area (Å²) in [4.78, 5) is 11.4. The van der Waals surface area contributed by atoms with E-state index in [4.69, 9.17) is 9.47 Å². The van der Waals surface area contributed by atoms with Gasteiger partial charge in [-0.2, -0.15) is 5.32 Å². The maximum atomic E-state index is 11.8. The zero-order valence-electron chi connectivity index (χ0n) is 12.5.